The number of nitrogens with zero attached hydrogens (tertiary/aromatic N) is 3. The molecule has 0 radical (unpaired) electrons. The summed E-state index contributed by atoms with van der Waals surface area (Å²) in [5.74, 6) is 2.94. The number of hydrogen-bond acceptors (Lipinski definition) is 3. The molecule has 1 heterocycles. The maximum Gasteiger partial charge on any atom is 0.135 e. The van der Waals surface area contributed by atoms with E-state index in [4.69, 9.17) is 11.6 Å². The molecule has 1 aromatic rings. The van der Waals surface area contributed by atoms with Crippen LogP contribution in [0.2, 0.25) is 5.15 Å². The third-order valence-corrected chi connectivity index (χ3v) is 3.48. The van der Waals surface area contributed by atoms with E-state index in [2.05, 4.69) is 42.6 Å². The summed E-state index contributed by atoms with van der Waals surface area (Å²) in [5, 5.41) is 0.546. The summed E-state index contributed by atoms with van der Waals surface area (Å²) >= 11 is 6.12. The Morgan fingerprint density at radius 2 is 1.94 bits per heavy atom. The summed E-state index contributed by atoms with van der Waals surface area (Å²) in [5.41, 5.74) is 0. The maximum absolute atomic E-state index is 6.12. The third kappa shape index (κ3) is 3.35. The first-order valence-corrected chi connectivity index (χ1v) is 7.16. The Labute approximate surface area is 115 Å². The van der Waals surface area contributed by atoms with Crippen molar-refractivity contribution in [3.05, 3.63) is 17.0 Å². The zero-order valence-electron chi connectivity index (χ0n) is 11.7. The Kier molecular flexibility index (Phi) is 4.10. The first-order valence-electron chi connectivity index (χ1n) is 6.78. The Bertz CT molecular complexity index is 414. The van der Waals surface area contributed by atoms with Crippen molar-refractivity contribution in [1.29, 1.82) is 0 Å². The lowest BCUT2D eigenvalue weighted by Gasteiger charge is -2.28. The molecule has 4 heteroatoms. The zero-order valence-corrected chi connectivity index (χ0v) is 12.4. The van der Waals surface area contributed by atoms with E-state index in [1.54, 1.807) is 0 Å². The van der Waals surface area contributed by atoms with E-state index in [0.717, 1.165) is 24.1 Å². The Hall–Kier alpha value is -0.830. The largest absolute Gasteiger partial charge is 0.354 e. The van der Waals surface area contributed by atoms with Gasteiger partial charge in [-0.15, -0.1) is 0 Å². The van der Waals surface area contributed by atoms with Crippen molar-refractivity contribution in [3.8, 4) is 0 Å². The minimum Gasteiger partial charge on any atom is -0.354 e. The molecule has 0 unspecified atom stereocenters. The summed E-state index contributed by atoms with van der Waals surface area (Å²) in [6, 6.07) is 2.33. The Morgan fingerprint density at radius 1 is 1.28 bits per heavy atom. The van der Waals surface area contributed by atoms with Crippen LogP contribution in [0.15, 0.2) is 6.07 Å². The molecule has 1 saturated carbocycles. The highest BCUT2D eigenvalue weighted by Crippen LogP contribution is 2.32. The summed E-state index contributed by atoms with van der Waals surface area (Å²) in [6.45, 7) is 9.68. The lowest BCUT2D eigenvalue weighted by molar-refractivity contribution is 0.630. The van der Waals surface area contributed by atoms with E-state index in [1.165, 1.54) is 12.8 Å². The average molecular weight is 268 g/mol. The quantitative estimate of drug-likeness (QED) is 0.758. The van der Waals surface area contributed by atoms with E-state index < -0.39 is 0 Å². The molecule has 3 nitrogen and oxygen atoms in total. The van der Waals surface area contributed by atoms with Gasteiger partial charge in [0.15, 0.2) is 0 Å². The third-order valence-electron chi connectivity index (χ3n) is 3.28. The molecule has 0 bridgehead atoms. The normalized spacial score (nSPS) is 15.5. The van der Waals surface area contributed by atoms with Crippen LogP contribution in [0, 0.1) is 5.92 Å². The van der Waals surface area contributed by atoms with Gasteiger partial charge in [0.1, 0.15) is 16.8 Å². The van der Waals surface area contributed by atoms with Crippen LogP contribution in [-0.2, 0) is 0 Å². The summed E-state index contributed by atoms with van der Waals surface area (Å²) in [6.07, 6.45) is 2.69. The SMILES string of the molecule is CC(C)c1nc(Cl)cc(N(CC2CC2)C(C)C)n1. The standard InChI is InChI=1S/C14H22ClN3/c1-9(2)14-16-12(15)7-13(17-14)18(10(3)4)8-11-5-6-11/h7,9-11H,5-6,8H2,1-4H3. The van der Waals surface area contributed by atoms with Gasteiger partial charge in [0.05, 0.1) is 0 Å². The molecule has 0 aromatic carbocycles. The first kappa shape index (κ1) is 13.6. The Balaban J connectivity index is 2.27. The molecule has 1 aliphatic carbocycles. The van der Waals surface area contributed by atoms with Crippen LogP contribution < -0.4 is 4.90 Å². The molecule has 0 aliphatic heterocycles. The summed E-state index contributed by atoms with van der Waals surface area (Å²) < 4.78 is 0. The number of aromatic nitrogens is 2. The van der Waals surface area contributed by atoms with Gasteiger partial charge in [0.2, 0.25) is 0 Å². The van der Waals surface area contributed by atoms with E-state index in [1.807, 2.05) is 6.07 Å². The van der Waals surface area contributed by atoms with Gasteiger partial charge in [0, 0.05) is 24.6 Å². The number of halogens is 1. The first-order chi connectivity index (χ1) is 8.47. The lowest BCUT2D eigenvalue weighted by atomic mass is 10.2. The molecule has 0 atom stereocenters. The highest BCUT2D eigenvalue weighted by molar-refractivity contribution is 6.29. The molecule has 0 spiro atoms. The molecule has 1 aromatic heterocycles. The molecule has 0 saturated heterocycles. The summed E-state index contributed by atoms with van der Waals surface area (Å²) in [4.78, 5) is 11.3. The fraction of sp³-hybridized carbons (Fsp3) is 0.714. The van der Waals surface area contributed by atoms with Crippen molar-refractivity contribution in [2.75, 3.05) is 11.4 Å². The second kappa shape index (κ2) is 5.43. The number of hydrogen-bond donors (Lipinski definition) is 0. The van der Waals surface area contributed by atoms with Crippen molar-refractivity contribution in [2.45, 2.75) is 52.5 Å². The van der Waals surface area contributed by atoms with E-state index in [9.17, 15) is 0 Å². The maximum atomic E-state index is 6.12. The zero-order chi connectivity index (χ0) is 13.3. The van der Waals surface area contributed by atoms with Gasteiger partial charge < -0.3 is 4.90 Å². The highest BCUT2D eigenvalue weighted by Gasteiger charge is 2.26. The molecule has 1 aliphatic rings. The molecule has 0 N–H and O–H groups in total. The molecule has 0 amide bonds. The average Bonchev–Trinajstić information content (AvgIpc) is 3.08. The fourth-order valence-electron chi connectivity index (χ4n) is 1.98. The van der Waals surface area contributed by atoms with E-state index >= 15 is 0 Å². The van der Waals surface area contributed by atoms with Crippen LogP contribution in [-0.4, -0.2) is 22.6 Å². The van der Waals surface area contributed by atoms with E-state index in [-0.39, 0.29) is 0 Å². The van der Waals surface area contributed by atoms with Gasteiger partial charge in [-0.3, -0.25) is 0 Å². The van der Waals surface area contributed by atoms with Crippen LogP contribution in [0.4, 0.5) is 5.82 Å². The fourth-order valence-corrected chi connectivity index (χ4v) is 2.16. The lowest BCUT2D eigenvalue weighted by Crippen LogP contribution is -2.33. The van der Waals surface area contributed by atoms with Crippen LogP contribution in [0.5, 0.6) is 0 Å². The molecular weight excluding hydrogens is 246 g/mol. The van der Waals surface area contributed by atoms with Gasteiger partial charge in [-0.25, -0.2) is 9.97 Å². The van der Waals surface area contributed by atoms with Gasteiger partial charge in [0.25, 0.3) is 0 Å². The number of rotatable bonds is 5. The van der Waals surface area contributed by atoms with Crippen molar-refractivity contribution >= 4 is 17.4 Å². The predicted molar refractivity (Wildman–Crippen MR) is 76.3 cm³/mol. The van der Waals surface area contributed by atoms with Crippen molar-refractivity contribution in [3.63, 3.8) is 0 Å². The van der Waals surface area contributed by atoms with Gasteiger partial charge in [-0.1, -0.05) is 25.4 Å². The number of anilines is 1. The molecule has 18 heavy (non-hydrogen) atoms. The van der Waals surface area contributed by atoms with Crippen molar-refractivity contribution < 1.29 is 0 Å². The van der Waals surface area contributed by atoms with Crippen molar-refractivity contribution in [1.82, 2.24) is 9.97 Å². The predicted octanol–water partition coefficient (Wildman–Crippen LogP) is 3.88. The van der Waals surface area contributed by atoms with Gasteiger partial charge in [-0.05, 0) is 32.6 Å². The highest BCUT2D eigenvalue weighted by atomic mass is 35.5. The van der Waals surface area contributed by atoms with Gasteiger partial charge in [-0.2, -0.15) is 0 Å². The van der Waals surface area contributed by atoms with Crippen LogP contribution in [0.25, 0.3) is 0 Å². The van der Waals surface area contributed by atoms with Crippen LogP contribution in [0.3, 0.4) is 0 Å². The van der Waals surface area contributed by atoms with Gasteiger partial charge >= 0.3 is 0 Å². The van der Waals surface area contributed by atoms with Crippen LogP contribution in [0.1, 0.15) is 52.3 Å². The topological polar surface area (TPSA) is 29.0 Å². The molecule has 2 rings (SSSR count). The van der Waals surface area contributed by atoms with Crippen molar-refractivity contribution in [2.24, 2.45) is 5.92 Å². The second-order valence-corrected chi connectivity index (χ2v) is 6.14. The minimum absolute atomic E-state index is 0.303. The monoisotopic (exact) mass is 267 g/mol. The smallest absolute Gasteiger partial charge is 0.135 e. The summed E-state index contributed by atoms with van der Waals surface area (Å²) in [7, 11) is 0. The second-order valence-electron chi connectivity index (χ2n) is 5.75. The minimum atomic E-state index is 0.303. The molecule has 100 valence electrons. The van der Waals surface area contributed by atoms with Crippen LogP contribution >= 0.6 is 11.6 Å². The Morgan fingerprint density at radius 3 is 2.44 bits per heavy atom. The van der Waals surface area contributed by atoms with E-state index in [0.29, 0.717) is 17.1 Å². The molecule has 1 fully saturated rings. The molecular formula is C14H22ClN3.